The van der Waals surface area contributed by atoms with Gasteiger partial charge in [-0.3, -0.25) is 0 Å². The van der Waals surface area contributed by atoms with Crippen LogP contribution in [0.15, 0.2) is 27.6 Å². The minimum absolute atomic E-state index is 0.0630. The van der Waals surface area contributed by atoms with E-state index in [1.807, 2.05) is 0 Å². The first kappa shape index (κ1) is 18.0. The summed E-state index contributed by atoms with van der Waals surface area (Å²) < 4.78 is 46.4. The van der Waals surface area contributed by atoms with Crippen molar-refractivity contribution in [2.75, 3.05) is 0 Å². The predicted octanol–water partition coefficient (Wildman–Crippen LogP) is 2.29. The summed E-state index contributed by atoms with van der Waals surface area (Å²) in [6.07, 6.45) is 3.43. The monoisotopic (exact) mass is 368 g/mol. The number of halogens is 1. The Morgan fingerprint density at radius 3 is 2.64 bits per heavy atom. The highest BCUT2D eigenvalue weighted by molar-refractivity contribution is 7.89. The molecule has 3 N–H and O–H groups in total. The lowest BCUT2D eigenvalue weighted by Crippen LogP contribution is -2.34. The molecule has 0 amide bonds. The van der Waals surface area contributed by atoms with Crippen LogP contribution in [0.2, 0.25) is 0 Å². The summed E-state index contributed by atoms with van der Waals surface area (Å²) in [6, 6.07) is 3.17. The first-order valence-corrected chi connectivity index (χ1v) is 9.65. The van der Waals surface area contributed by atoms with Gasteiger partial charge in [0, 0.05) is 6.04 Å². The fourth-order valence-electron chi connectivity index (χ4n) is 2.98. The second-order valence-electron chi connectivity index (χ2n) is 6.70. The number of nitrogens with one attached hydrogen (secondary N) is 1. The third-order valence-corrected chi connectivity index (χ3v) is 5.89. The Morgan fingerprint density at radius 1 is 1.32 bits per heavy atom. The van der Waals surface area contributed by atoms with E-state index >= 15 is 0 Å². The van der Waals surface area contributed by atoms with Crippen molar-refractivity contribution in [3.05, 3.63) is 29.8 Å². The van der Waals surface area contributed by atoms with Gasteiger partial charge in [0.2, 0.25) is 10.0 Å². The lowest BCUT2D eigenvalue weighted by Gasteiger charge is -2.17. The molecule has 0 saturated heterocycles. The number of benzene rings is 1. The summed E-state index contributed by atoms with van der Waals surface area (Å²) in [7, 11) is -3.76. The number of nitrogens with zero attached hydrogens (tertiary/aromatic N) is 2. The Hall–Kier alpha value is -1.84. The summed E-state index contributed by atoms with van der Waals surface area (Å²) in [5.41, 5.74) is 5.55. The van der Waals surface area contributed by atoms with Crippen LogP contribution in [0, 0.1) is 5.82 Å². The van der Waals surface area contributed by atoms with E-state index in [4.69, 9.17) is 10.3 Å². The van der Waals surface area contributed by atoms with Crippen molar-refractivity contribution in [2.45, 2.75) is 56.0 Å². The topological polar surface area (TPSA) is 111 Å². The van der Waals surface area contributed by atoms with Crippen molar-refractivity contribution in [2.24, 2.45) is 5.73 Å². The largest absolute Gasteiger partial charge is 0.334 e. The van der Waals surface area contributed by atoms with Gasteiger partial charge >= 0.3 is 0 Å². The summed E-state index contributed by atoms with van der Waals surface area (Å²) >= 11 is 0. The van der Waals surface area contributed by atoms with Gasteiger partial charge in [0.05, 0.1) is 16.0 Å². The first-order chi connectivity index (χ1) is 11.7. The van der Waals surface area contributed by atoms with E-state index in [0.29, 0.717) is 5.82 Å². The van der Waals surface area contributed by atoms with Crippen LogP contribution in [0.3, 0.4) is 0 Å². The molecule has 1 aromatic carbocycles. The average Bonchev–Trinajstić information content (AvgIpc) is 3.16. The molecule has 0 bridgehead atoms. The van der Waals surface area contributed by atoms with E-state index < -0.39 is 21.4 Å². The molecule has 25 heavy (non-hydrogen) atoms. The number of hydrogen-bond donors (Lipinski definition) is 2. The van der Waals surface area contributed by atoms with E-state index in [1.54, 1.807) is 13.8 Å². The molecule has 0 radical (unpaired) electrons. The van der Waals surface area contributed by atoms with E-state index in [0.717, 1.165) is 31.7 Å². The van der Waals surface area contributed by atoms with Gasteiger partial charge in [0.25, 0.3) is 5.89 Å². The molecule has 1 fully saturated rings. The van der Waals surface area contributed by atoms with Crippen molar-refractivity contribution in [3.63, 3.8) is 0 Å². The molecule has 7 nitrogen and oxygen atoms in total. The second-order valence-corrected chi connectivity index (χ2v) is 8.42. The maximum Gasteiger partial charge on any atom is 0.261 e. The van der Waals surface area contributed by atoms with Crippen molar-refractivity contribution in [1.29, 1.82) is 0 Å². The summed E-state index contributed by atoms with van der Waals surface area (Å²) in [6.45, 7) is 3.41. The highest BCUT2D eigenvalue weighted by atomic mass is 32.2. The number of sulfonamides is 1. The van der Waals surface area contributed by atoms with Crippen LogP contribution in [0.1, 0.15) is 45.4 Å². The Labute approximate surface area is 145 Å². The lowest BCUT2D eigenvalue weighted by molar-refractivity contribution is 0.372. The molecule has 9 heteroatoms. The van der Waals surface area contributed by atoms with Gasteiger partial charge in [-0.25, -0.2) is 17.5 Å². The zero-order valence-electron chi connectivity index (χ0n) is 14.1. The summed E-state index contributed by atoms with van der Waals surface area (Å²) in [4.78, 5) is 4.15. The second kappa shape index (κ2) is 6.47. The molecule has 1 saturated carbocycles. The van der Waals surface area contributed by atoms with Crippen LogP contribution in [-0.2, 0) is 15.6 Å². The van der Waals surface area contributed by atoms with Crippen molar-refractivity contribution < 1.29 is 17.3 Å². The van der Waals surface area contributed by atoms with E-state index in [-0.39, 0.29) is 22.4 Å². The van der Waals surface area contributed by atoms with E-state index in [9.17, 15) is 12.8 Å². The number of aromatic nitrogens is 2. The fraction of sp³-hybridized carbons (Fsp3) is 0.500. The van der Waals surface area contributed by atoms with E-state index in [2.05, 4.69) is 14.9 Å². The minimum atomic E-state index is -3.76. The quantitative estimate of drug-likeness (QED) is 0.838. The number of hydrogen-bond acceptors (Lipinski definition) is 6. The third kappa shape index (κ3) is 3.58. The summed E-state index contributed by atoms with van der Waals surface area (Å²) in [5, 5.41) is 3.88. The van der Waals surface area contributed by atoms with Crippen LogP contribution >= 0.6 is 0 Å². The Bertz CT molecular complexity index is 873. The Kier molecular flexibility index (Phi) is 4.65. The molecule has 0 aliphatic heterocycles. The predicted molar refractivity (Wildman–Crippen MR) is 89.5 cm³/mol. The highest BCUT2D eigenvalue weighted by Gasteiger charge is 2.36. The molecule has 136 valence electrons. The van der Waals surface area contributed by atoms with Crippen LogP contribution in [0.4, 0.5) is 4.39 Å². The van der Waals surface area contributed by atoms with Crippen LogP contribution in [0.25, 0.3) is 11.5 Å². The third-order valence-electron chi connectivity index (χ3n) is 4.24. The maximum absolute atomic E-state index is 14.2. The van der Waals surface area contributed by atoms with Gasteiger partial charge < -0.3 is 10.3 Å². The molecule has 1 aromatic heterocycles. The zero-order chi connectivity index (χ0) is 18.2. The Balaban J connectivity index is 1.98. The lowest BCUT2D eigenvalue weighted by atomic mass is 9.99. The van der Waals surface area contributed by atoms with Crippen LogP contribution in [0.5, 0.6) is 0 Å². The number of nitrogens with two attached hydrogens (primary N) is 1. The highest BCUT2D eigenvalue weighted by Crippen LogP contribution is 2.36. The molecule has 0 spiro atoms. The maximum atomic E-state index is 14.2. The van der Waals surface area contributed by atoms with Crippen molar-refractivity contribution in [3.8, 4) is 11.5 Å². The molecule has 2 aromatic rings. The fourth-order valence-corrected chi connectivity index (χ4v) is 4.26. The van der Waals surface area contributed by atoms with Gasteiger partial charge in [-0.05, 0) is 44.9 Å². The Morgan fingerprint density at radius 2 is 2.00 bits per heavy atom. The molecule has 1 heterocycles. The molecule has 3 rings (SSSR count). The minimum Gasteiger partial charge on any atom is -0.334 e. The first-order valence-electron chi connectivity index (χ1n) is 8.17. The van der Waals surface area contributed by atoms with Gasteiger partial charge in [0.15, 0.2) is 5.82 Å². The van der Waals surface area contributed by atoms with E-state index in [1.165, 1.54) is 12.1 Å². The molecule has 0 unspecified atom stereocenters. The van der Waals surface area contributed by atoms with Gasteiger partial charge in [-0.1, -0.05) is 18.0 Å². The summed E-state index contributed by atoms with van der Waals surface area (Å²) in [5.74, 6) is -0.394. The SMILES string of the molecule is CC(C)NS(=O)(=O)c1ccc(F)c(-c2nc(C3(N)CCCC3)no2)c1. The van der Waals surface area contributed by atoms with Gasteiger partial charge in [-0.15, -0.1) is 0 Å². The molecule has 1 aliphatic rings. The molecule has 0 atom stereocenters. The number of rotatable bonds is 5. The van der Waals surface area contributed by atoms with Gasteiger partial charge in [0.1, 0.15) is 5.82 Å². The molecule has 1 aliphatic carbocycles. The van der Waals surface area contributed by atoms with Crippen molar-refractivity contribution >= 4 is 10.0 Å². The standard InChI is InChI=1S/C16H21FN4O3S/c1-10(2)21-25(22,23)11-5-6-13(17)12(9-11)14-19-15(20-24-14)16(18)7-3-4-8-16/h5-6,9-10,21H,3-4,7-8,18H2,1-2H3. The van der Waals surface area contributed by atoms with Crippen molar-refractivity contribution in [1.82, 2.24) is 14.9 Å². The zero-order valence-corrected chi connectivity index (χ0v) is 14.9. The van der Waals surface area contributed by atoms with Gasteiger partial charge in [-0.2, -0.15) is 4.98 Å². The molecular formula is C16H21FN4O3S. The smallest absolute Gasteiger partial charge is 0.261 e. The average molecular weight is 368 g/mol. The molecular weight excluding hydrogens is 347 g/mol. The normalized spacial score (nSPS) is 17.3. The van der Waals surface area contributed by atoms with Crippen LogP contribution in [-0.4, -0.2) is 24.6 Å². The van der Waals surface area contributed by atoms with Crippen LogP contribution < -0.4 is 10.5 Å².